The number of hydrogen-bond acceptors (Lipinski definition) is 4. The van der Waals surface area contributed by atoms with Crippen molar-refractivity contribution in [2.75, 3.05) is 19.7 Å². The first-order chi connectivity index (χ1) is 16.1. The summed E-state index contributed by atoms with van der Waals surface area (Å²) in [6.45, 7) is 5.43. The zero-order valence-electron chi connectivity index (χ0n) is 20.0. The third-order valence-electron chi connectivity index (χ3n) is 7.03. The van der Waals surface area contributed by atoms with Crippen molar-refractivity contribution in [1.82, 2.24) is 10.2 Å². The van der Waals surface area contributed by atoms with Crippen LogP contribution in [0.4, 0.5) is 4.79 Å². The van der Waals surface area contributed by atoms with Crippen molar-refractivity contribution in [2.45, 2.75) is 51.5 Å². The summed E-state index contributed by atoms with van der Waals surface area (Å²) in [7, 11) is 0. The minimum Gasteiger partial charge on any atom is -0.480 e. The minimum atomic E-state index is -1.05. The van der Waals surface area contributed by atoms with Gasteiger partial charge in [-0.2, -0.15) is 0 Å². The summed E-state index contributed by atoms with van der Waals surface area (Å²) < 4.78 is 5.61. The Bertz CT molecular complexity index is 1050. The molecule has 2 amide bonds. The van der Waals surface area contributed by atoms with Gasteiger partial charge in [-0.05, 0) is 55.9 Å². The lowest BCUT2D eigenvalue weighted by molar-refractivity contribution is -0.158. The molecule has 7 heteroatoms. The average molecular weight is 465 g/mol. The lowest BCUT2D eigenvalue weighted by Gasteiger charge is -2.46. The van der Waals surface area contributed by atoms with Crippen molar-refractivity contribution in [2.24, 2.45) is 5.41 Å². The van der Waals surface area contributed by atoms with E-state index in [0.717, 1.165) is 28.7 Å². The molecule has 34 heavy (non-hydrogen) atoms. The number of rotatable bonds is 7. The highest BCUT2D eigenvalue weighted by Crippen LogP contribution is 2.45. The molecule has 0 atom stereocenters. The molecule has 0 aromatic heterocycles. The lowest BCUT2D eigenvalue weighted by Crippen LogP contribution is -2.59. The second kappa shape index (κ2) is 9.12. The Morgan fingerprint density at radius 2 is 1.59 bits per heavy atom. The summed E-state index contributed by atoms with van der Waals surface area (Å²) in [4.78, 5) is 38.7. The normalized spacial score (nSPS) is 16.1. The lowest BCUT2D eigenvalue weighted by atomic mass is 9.67. The van der Waals surface area contributed by atoms with Crippen LogP contribution in [0, 0.1) is 5.41 Å². The fraction of sp³-hybridized carbons (Fsp3) is 0.444. The second-order valence-electron chi connectivity index (χ2n) is 10.3. The molecular formula is C27H32N2O5. The zero-order valence-corrected chi connectivity index (χ0v) is 20.0. The van der Waals surface area contributed by atoms with E-state index in [2.05, 4.69) is 29.6 Å². The number of fused-ring (bicyclic) bond motifs is 3. The van der Waals surface area contributed by atoms with Crippen LogP contribution in [-0.4, -0.2) is 53.2 Å². The van der Waals surface area contributed by atoms with E-state index in [-0.39, 0.29) is 31.5 Å². The van der Waals surface area contributed by atoms with Crippen molar-refractivity contribution in [1.29, 1.82) is 0 Å². The number of carboxylic acids is 1. The van der Waals surface area contributed by atoms with Gasteiger partial charge in [-0.15, -0.1) is 0 Å². The third-order valence-corrected chi connectivity index (χ3v) is 7.03. The van der Waals surface area contributed by atoms with Gasteiger partial charge < -0.3 is 20.1 Å². The van der Waals surface area contributed by atoms with E-state index in [1.807, 2.05) is 45.0 Å². The fourth-order valence-corrected chi connectivity index (χ4v) is 5.00. The standard InChI is InChI=1S/C27H32N2O5/c1-26(2,3)29(15-23(30)31)24(32)27(13-8-14-27)17-28-25(33)34-16-22-20-11-6-4-9-18(20)19-10-5-7-12-21(19)22/h4-7,9-12,22H,8,13-17H2,1-3H3,(H,28,33)(H,30,31). The van der Waals surface area contributed by atoms with Crippen molar-refractivity contribution >= 4 is 18.0 Å². The molecule has 180 valence electrons. The molecule has 0 spiro atoms. The molecule has 7 nitrogen and oxygen atoms in total. The summed E-state index contributed by atoms with van der Waals surface area (Å²) >= 11 is 0. The van der Waals surface area contributed by atoms with Crippen LogP contribution in [0.25, 0.3) is 11.1 Å². The number of nitrogens with zero attached hydrogens (tertiary/aromatic N) is 1. The first kappa shape index (κ1) is 23.8. The highest BCUT2D eigenvalue weighted by molar-refractivity contribution is 5.88. The predicted molar refractivity (Wildman–Crippen MR) is 128 cm³/mol. The van der Waals surface area contributed by atoms with E-state index in [9.17, 15) is 19.5 Å². The van der Waals surface area contributed by atoms with Crippen LogP contribution in [0.2, 0.25) is 0 Å². The molecule has 0 radical (unpaired) electrons. The molecule has 4 rings (SSSR count). The number of aliphatic carboxylic acids is 1. The van der Waals surface area contributed by atoms with Gasteiger partial charge in [0.05, 0.1) is 5.41 Å². The van der Waals surface area contributed by atoms with Gasteiger partial charge in [0.2, 0.25) is 5.91 Å². The summed E-state index contributed by atoms with van der Waals surface area (Å²) in [5.41, 5.74) is 3.17. The number of hydrogen-bond donors (Lipinski definition) is 2. The van der Waals surface area contributed by atoms with Gasteiger partial charge in [-0.3, -0.25) is 9.59 Å². The van der Waals surface area contributed by atoms with E-state index in [4.69, 9.17) is 4.74 Å². The highest BCUT2D eigenvalue weighted by atomic mass is 16.5. The molecule has 2 aromatic carbocycles. The van der Waals surface area contributed by atoms with Crippen LogP contribution in [0.3, 0.4) is 0 Å². The van der Waals surface area contributed by atoms with Gasteiger partial charge in [0.1, 0.15) is 13.2 Å². The van der Waals surface area contributed by atoms with Crippen LogP contribution in [-0.2, 0) is 14.3 Å². The third kappa shape index (κ3) is 4.52. The van der Waals surface area contributed by atoms with Crippen molar-refractivity contribution in [3.05, 3.63) is 59.7 Å². The Morgan fingerprint density at radius 3 is 2.06 bits per heavy atom. The molecule has 2 aromatic rings. The minimum absolute atomic E-state index is 0.0376. The highest BCUT2D eigenvalue weighted by Gasteiger charge is 2.49. The maximum atomic E-state index is 13.4. The molecule has 0 bridgehead atoms. The Morgan fingerprint density at radius 1 is 1.03 bits per heavy atom. The number of carbonyl (C=O) groups excluding carboxylic acids is 2. The first-order valence-electron chi connectivity index (χ1n) is 11.8. The molecule has 2 aliphatic rings. The predicted octanol–water partition coefficient (Wildman–Crippen LogP) is 4.41. The summed E-state index contributed by atoms with van der Waals surface area (Å²) in [5.74, 6) is -1.32. The number of carbonyl (C=O) groups is 3. The molecule has 0 unspecified atom stereocenters. The smallest absolute Gasteiger partial charge is 0.407 e. The van der Waals surface area contributed by atoms with Crippen LogP contribution >= 0.6 is 0 Å². The van der Waals surface area contributed by atoms with Gasteiger partial charge in [0, 0.05) is 18.0 Å². The van der Waals surface area contributed by atoms with Crippen molar-refractivity contribution in [3.8, 4) is 11.1 Å². The largest absolute Gasteiger partial charge is 0.480 e. The SMILES string of the molecule is CC(C)(C)N(CC(=O)O)C(=O)C1(CNC(=O)OCC2c3ccccc3-c3ccccc32)CCC1. The molecule has 0 heterocycles. The van der Waals surface area contributed by atoms with Gasteiger partial charge in [0.25, 0.3) is 0 Å². The summed E-state index contributed by atoms with van der Waals surface area (Å²) in [5, 5.41) is 12.1. The summed E-state index contributed by atoms with van der Waals surface area (Å²) in [6.07, 6.45) is 1.52. The van der Waals surface area contributed by atoms with Crippen LogP contribution in [0.5, 0.6) is 0 Å². The van der Waals surface area contributed by atoms with Crippen LogP contribution < -0.4 is 5.32 Å². The Balaban J connectivity index is 1.40. The van der Waals surface area contributed by atoms with Crippen LogP contribution in [0.15, 0.2) is 48.5 Å². The molecule has 0 aliphatic heterocycles. The molecular weight excluding hydrogens is 432 g/mol. The van der Waals surface area contributed by atoms with Crippen LogP contribution in [0.1, 0.15) is 57.1 Å². The maximum absolute atomic E-state index is 13.4. The Kier molecular flexibility index (Phi) is 6.39. The number of benzene rings is 2. The van der Waals surface area contributed by atoms with E-state index in [1.54, 1.807) is 0 Å². The Labute approximate surface area is 200 Å². The molecule has 2 aliphatic carbocycles. The molecule has 1 saturated carbocycles. The molecule has 1 fully saturated rings. The number of nitrogens with one attached hydrogen (secondary N) is 1. The quantitative estimate of drug-likeness (QED) is 0.633. The first-order valence-corrected chi connectivity index (χ1v) is 11.8. The van der Waals surface area contributed by atoms with E-state index >= 15 is 0 Å². The number of carboxylic acid groups (broad SMARTS) is 1. The van der Waals surface area contributed by atoms with Gasteiger partial charge in [-0.25, -0.2) is 4.79 Å². The number of ether oxygens (including phenoxy) is 1. The summed E-state index contributed by atoms with van der Waals surface area (Å²) in [6, 6.07) is 16.3. The molecule has 2 N–H and O–H groups in total. The van der Waals surface area contributed by atoms with E-state index < -0.39 is 23.0 Å². The topological polar surface area (TPSA) is 95.9 Å². The van der Waals surface area contributed by atoms with Gasteiger partial charge >= 0.3 is 12.1 Å². The van der Waals surface area contributed by atoms with Gasteiger partial charge in [-0.1, -0.05) is 55.0 Å². The van der Waals surface area contributed by atoms with E-state index in [0.29, 0.717) is 12.8 Å². The monoisotopic (exact) mass is 464 g/mol. The zero-order chi connectivity index (χ0) is 24.5. The maximum Gasteiger partial charge on any atom is 0.407 e. The van der Waals surface area contributed by atoms with Crippen molar-refractivity contribution < 1.29 is 24.2 Å². The van der Waals surface area contributed by atoms with Crippen molar-refractivity contribution in [3.63, 3.8) is 0 Å². The fourth-order valence-electron chi connectivity index (χ4n) is 5.00. The average Bonchev–Trinajstić information content (AvgIpc) is 3.08. The van der Waals surface area contributed by atoms with E-state index in [1.165, 1.54) is 4.90 Å². The Hall–Kier alpha value is -3.35. The number of alkyl carbamates (subject to hydrolysis) is 1. The van der Waals surface area contributed by atoms with Gasteiger partial charge in [0.15, 0.2) is 0 Å². The number of amides is 2. The second-order valence-corrected chi connectivity index (χ2v) is 10.3. The molecule has 0 saturated heterocycles.